The van der Waals surface area contributed by atoms with Gasteiger partial charge in [0.2, 0.25) is 0 Å². The summed E-state index contributed by atoms with van der Waals surface area (Å²) >= 11 is 0. The first-order chi connectivity index (χ1) is 14.6. The summed E-state index contributed by atoms with van der Waals surface area (Å²) < 4.78 is 5.61. The van der Waals surface area contributed by atoms with Gasteiger partial charge in [-0.25, -0.2) is 0 Å². The van der Waals surface area contributed by atoms with Gasteiger partial charge in [-0.15, -0.1) is 0 Å². The Kier molecular flexibility index (Phi) is 10.1. The summed E-state index contributed by atoms with van der Waals surface area (Å²) in [5.74, 6) is 0.909. The largest absolute Gasteiger partial charge is 0.382 e. The van der Waals surface area contributed by atoms with E-state index in [2.05, 4.69) is 22.5 Å². The van der Waals surface area contributed by atoms with Gasteiger partial charge in [0.1, 0.15) is 0 Å². The van der Waals surface area contributed by atoms with Gasteiger partial charge in [-0.3, -0.25) is 9.79 Å². The Morgan fingerprint density at radius 3 is 2.33 bits per heavy atom. The van der Waals surface area contributed by atoms with Gasteiger partial charge in [-0.2, -0.15) is 0 Å². The zero-order chi connectivity index (χ0) is 21.8. The van der Waals surface area contributed by atoms with Crippen molar-refractivity contribution >= 4 is 11.9 Å². The molecule has 6 nitrogen and oxygen atoms in total. The normalized spacial score (nSPS) is 15.8. The van der Waals surface area contributed by atoms with Gasteiger partial charge in [-0.1, -0.05) is 25.0 Å². The van der Waals surface area contributed by atoms with Gasteiger partial charge in [-0.05, 0) is 63.1 Å². The molecule has 0 unspecified atom stereocenters. The lowest BCUT2D eigenvalue weighted by molar-refractivity contribution is 0.0773. The minimum atomic E-state index is 0.0888. The second-order valence-electron chi connectivity index (χ2n) is 8.11. The molecule has 168 valence electrons. The molecule has 0 aliphatic heterocycles. The Balaban J connectivity index is 1.85. The zero-order valence-electron chi connectivity index (χ0n) is 19.3. The first-order valence-corrected chi connectivity index (χ1v) is 11.5. The first kappa shape index (κ1) is 24.2. The van der Waals surface area contributed by atoms with Gasteiger partial charge >= 0.3 is 0 Å². The zero-order valence-corrected chi connectivity index (χ0v) is 19.3. The Morgan fingerprint density at radius 2 is 1.77 bits per heavy atom. The van der Waals surface area contributed by atoms with Crippen LogP contribution in [0.2, 0.25) is 0 Å². The molecule has 6 heteroatoms. The fourth-order valence-corrected chi connectivity index (χ4v) is 4.21. The fraction of sp³-hybridized carbons (Fsp3) is 0.667. The van der Waals surface area contributed by atoms with Gasteiger partial charge < -0.3 is 20.3 Å². The molecule has 0 aromatic heterocycles. The van der Waals surface area contributed by atoms with E-state index in [9.17, 15) is 4.79 Å². The predicted octanol–water partition coefficient (Wildman–Crippen LogP) is 3.82. The molecule has 0 heterocycles. The second kappa shape index (κ2) is 12.6. The summed E-state index contributed by atoms with van der Waals surface area (Å²) in [6.07, 6.45) is 6.22. The SMILES string of the molecule is CCOCCC1(CNC(=NC)NCc2ccc(C(=O)N(CC)CC)cc2)CCCC1. The van der Waals surface area contributed by atoms with Crippen molar-refractivity contribution < 1.29 is 9.53 Å². The molecule has 1 amide bonds. The van der Waals surface area contributed by atoms with Crippen molar-refractivity contribution in [3.8, 4) is 0 Å². The molecule has 0 spiro atoms. The number of rotatable bonds is 11. The smallest absolute Gasteiger partial charge is 0.253 e. The quantitative estimate of drug-likeness (QED) is 0.327. The van der Waals surface area contributed by atoms with Crippen molar-refractivity contribution in [1.82, 2.24) is 15.5 Å². The number of guanidine groups is 1. The molecule has 0 radical (unpaired) electrons. The van der Waals surface area contributed by atoms with E-state index in [1.54, 1.807) is 0 Å². The minimum absolute atomic E-state index is 0.0888. The molecular weight excluding hydrogens is 376 g/mol. The average Bonchev–Trinajstić information content (AvgIpc) is 3.24. The van der Waals surface area contributed by atoms with Crippen molar-refractivity contribution in [2.45, 2.75) is 59.4 Å². The minimum Gasteiger partial charge on any atom is -0.382 e. The Morgan fingerprint density at radius 1 is 1.10 bits per heavy atom. The lowest BCUT2D eigenvalue weighted by atomic mass is 9.83. The van der Waals surface area contributed by atoms with Gasteiger partial charge in [0, 0.05) is 52.0 Å². The van der Waals surface area contributed by atoms with E-state index in [0.717, 1.165) is 56.4 Å². The molecule has 2 rings (SSSR count). The maximum Gasteiger partial charge on any atom is 0.253 e. The Hall–Kier alpha value is -2.08. The number of hydrogen-bond acceptors (Lipinski definition) is 3. The van der Waals surface area contributed by atoms with Crippen LogP contribution >= 0.6 is 0 Å². The topological polar surface area (TPSA) is 66.0 Å². The molecule has 1 aromatic carbocycles. The van der Waals surface area contributed by atoms with Crippen LogP contribution in [0.1, 0.15) is 68.8 Å². The van der Waals surface area contributed by atoms with Crippen molar-refractivity contribution in [3.63, 3.8) is 0 Å². The third-order valence-electron chi connectivity index (χ3n) is 6.21. The van der Waals surface area contributed by atoms with Crippen LogP contribution < -0.4 is 10.6 Å². The highest BCUT2D eigenvalue weighted by Crippen LogP contribution is 2.40. The second-order valence-corrected chi connectivity index (χ2v) is 8.11. The van der Waals surface area contributed by atoms with Crippen molar-refractivity contribution in [2.75, 3.05) is 39.9 Å². The molecule has 30 heavy (non-hydrogen) atoms. The van der Waals surface area contributed by atoms with Gasteiger partial charge in [0.25, 0.3) is 5.91 Å². The van der Waals surface area contributed by atoms with Gasteiger partial charge in [0.15, 0.2) is 5.96 Å². The maximum atomic E-state index is 12.4. The van der Waals surface area contributed by atoms with Crippen LogP contribution in [-0.4, -0.2) is 56.7 Å². The fourth-order valence-electron chi connectivity index (χ4n) is 4.21. The van der Waals surface area contributed by atoms with E-state index in [-0.39, 0.29) is 5.91 Å². The number of hydrogen-bond donors (Lipinski definition) is 2. The number of benzene rings is 1. The lowest BCUT2D eigenvalue weighted by Gasteiger charge is -2.30. The predicted molar refractivity (Wildman–Crippen MR) is 124 cm³/mol. The summed E-state index contributed by atoms with van der Waals surface area (Å²) in [6.45, 7) is 10.7. The van der Waals surface area contributed by atoms with E-state index in [1.165, 1.54) is 25.7 Å². The molecule has 1 fully saturated rings. The van der Waals surface area contributed by atoms with Gasteiger partial charge in [0.05, 0.1) is 0 Å². The van der Waals surface area contributed by atoms with Crippen molar-refractivity contribution in [1.29, 1.82) is 0 Å². The number of nitrogens with one attached hydrogen (secondary N) is 2. The molecule has 0 atom stereocenters. The van der Waals surface area contributed by atoms with Crippen molar-refractivity contribution in [3.05, 3.63) is 35.4 Å². The average molecular weight is 417 g/mol. The number of ether oxygens (including phenoxy) is 1. The highest BCUT2D eigenvalue weighted by Gasteiger charge is 2.33. The first-order valence-electron chi connectivity index (χ1n) is 11.5. The van der Waals surface area contributed by atoms with E-state index >= 15 is 0 Å². The monoisotopic (exact) mass is 416 g/mol. The number of nitrogens with zero attached hydrogens (tertiary/aromatic N) is 2. The van der Waals surface area contributed by atoms with E-state index < -0.39 is 0 Å². The third kappa shape index (κ3) is 7.01. The standard InChI is InChI=1S/C24H40N4O2/c1-5-28(6-2)22(29)21-12-10-20(11-13-21)18-26-23(25-4)27-19-24(14-8-9-15-24)16-17-30-7-3/h10-13H,5-9,14-19H2,1-4H3,(H2,25,26,27). The third-order valence-corrected chi connectivity index (χ3v) is 6.21. The van der Waals surface area contributed by atoms with Crippen LogP contribution in [0.25, 0.3) is 0 Å². The lowest BCUT2D eigenvalue weighted by Crippen LogP contribution is -2.43. The maximum absolute atomic E-state index is 12.4. The van der Waals surface area contributed by atoms with Crippen LogP contribution in [0, 0.1) is 5.41 Å². The molecule has 1 aliphatic rings. The molecule has 0 bridgehead atoms. The Bertz CT molecular complexity index is 662. The summed E-state index contributed by atoms with van der Waals surface area (Å²) in [5.41, 5.74) is 2.18. The number of carbonyl (C=O) groups excluding carboxylic acids is 1. The molecule has 1 aliphatic carbocycles. The molecular formula is C24H40N4O2. The van der Waals surface area contributed by atoms with Crippen LogP contribution in [0.4, 0.5) is 0 Å². The van der Waals surface area contributed by atoms with E-state index in [1.807, 2.05) is 50.1 Å². The Labute approximate surface area is 182 Å². The van der Waals surface area contributed by atoms with Crippen LogP contribution in [0.15, 0.2) is 29.3 Å². The highest BCUT2D eigenvalue weighted by atomic mass is 16.5. The number of carbonyl (C=O) groups is 1. The summed E-state index contributed by atoms with van der Waals surface area (Å²) in [6, 6.07) is 7.85. The van der Waals surface area contributed by atoms with Crippen molar-refractivity contribution in [2.24, 2.45) is 10.4 Å². The van der Waals surface area contributed by atoms with Crippen LogP contribution in [-0.2, 0) is 11.3 Å². The molecule has 0 saturated heterocycles. The highest BCUT2D eigenvalue weighted by molar-refractivity contribution is 5.94. The molecule has 1 saturated carbocycles. The number of aliphatic imine (C=N–C) groups is 1. The molecule has 2 N–H and O–H groups in total. The number of amides is 1. The summed E-state index contributed by atoms with van der Waals surface area (Å²) in [4.78, 5) is 18.7. The van der Waals surface area contributed by atoms with Crippen LogP contribution in [0.3, 0.4) is 0 Å². The summed E-state index contributed by atoms with van der Waals surface area (Å²) in [5, 5.41) is 6.93. The van der Waals surface area contributed by atoms with Crippen LogP contribution in [0.5, 0.6) is 0 Å². The van der Waals surface area contributed by atoms with E-state index in [4.69, 9.17) is 4.74 Å². The van der Waals surface area contributed by atoms with E-state index in [0.29, 0.717) is 12.0 Å². The summed E-state index contributed by atoms with van der Waals surface area (Å²) in [7, 11) is 1.81. The molecule has 1 aromatic rings.